The minimum atomic E-state index is -0.0000311. The molecule has 0 aliphatic heterocycles. The molecule has 0 atom stereocenters. The molecular weight excluding hydrogens is 254 g/mol. The first-order valence-corrected chi connectivity index (χ1v) is 7.06. The van der Waals surface area contributed by atoms with Crippen LogP contribution in [-0.2, 0) is 0 Å². The maximum atomic E-state index is 9.95. The van der Waals surface area contributed by atoms with Gasteiger partial charge in [-0.15, -0.1) is 0 Å². The van der Waals surface area contributed by atoms with Crippen molar-refractivity contribution >= 4 is 5.69 Å². The molecule has 1 aromatic heterocycles. The lowest BCUT2D eigenvalue weighted by Gasteiger charge is -2.23. The van der Waals surface area contributed by atoms with Crippen LogP contribution in [0.2, 0.25) is 0 Å². The monoisotopic (exact) mass is 273 g/mol. The van der Waals surface area contributed by atoms with Crippen LogP contribution in [0.5, 0.6) is 5.75 Å². The van der Waals surface area contributed by atoms with Crippen molar-refractivity contribution in [1.82, 2.24) is 10.1 Å². The van der Waals surface area contributed by atoms with Gasteiger partial charge in [0.25, 0.3) is 5.89 Å². The summed E-state index contributed by atoms with van der Waals surface area (Å²) in [6, 6.07) is 5.13. The Balaban J connectivity index is 1.85. The molecule has 1 fully saturated rings. The minimum Gasteiger partial charge on any atom is -0.505 e. The molecule has 0 saturated heterocycles. The average Bonchev–Trinajstić information content (AvgIpc) is 2.92. The fourth-order valence-electron chi connectivity index (χ4n) is 2.76. The summed E-state index contributed by atoms with van der Waals surface area (Å²) in [6.45, 7) is 2.28. The van der Waals surface area contributed by atoms with E-state index in [4.69, 9.17) is 10.3 Å². The smallest absolute Gasteiger partial charge is 0.261 e. The summed E-state index contributed by atoms with van der Waals surface area (Å²) in [5, 5.41) is 14.0. The fraction of sp³-hybridized carbons (Fsp3) is 0.467. The Labute approximate surface area is 117 Å². The van der Waals surface area contributed by atoms with Gasteiger partial charge in [-0.25, -0.2) is 0 Å². The summed E-state index contributed by atoms with van der Waals surface area (Å²) in [7, 11) is 0. The van der Waals surface area contributed by atoms with Crippen molar-refractivity contribution in [3.63, 3.8) is 0 Å². The molecule has 106 valence electrons. The number of hydrogen-bond donors (Lipinski definition) is 2. The number of phenolic OH excluding ortho intramolecular Hbond substituents is 1. The van der Waals surface area contributed by atoms with E-state index in [0.717, 1.165) is 24.6 Å². The maximum Gasteiger partial charge on any atom is 0.261 e. The lowest BCUT2D eigenvalue weighted by atomic mass is 9.83. The molecule has 1 aliphatic carbocycles. The molecule has 3 rings (SSSR count). The molecule has 5 heteroatoms. The largest absolute Gasteiger partial charge is 0.505 e. The van der Waals surface area contributed by atoms with Gasteiger partial charge in [-0.05, 0) is 30.9 Å². The normalized spacial score (nSPS) is 22.9. The van der Waals surface area contributed by atoms with Gasteiger partial charge >= 0.3 is 0 Å². The summed E-state index contributed by atoms with van der Waals surface area (Å²) in [6.07, 6.45) is 4.61. The summed E-state index contributed by atoms with van der Waals surface area (Å²) in [5.41, 5.74) is 6.49. The highest BCUT2D eigenvalue weighted by molar-refractivity contribution is 5.71. The molecule has 3 N–H and O–H groups in total. The molecule has 2 aromatic rings. The van der Waals surface area contributed by atoms with E-state index in [1.165, 1.54) is 12.8 Å². The van der Waals surface area contributed by atoms with E-state index in [2.05, 4.69) is 17.1 Å². The van der Waals surface area contributed by atoms with Crippen LogP contribution in [0, 0.1) is 5.92 Å². The molecule has 1 aromatic carbocycles. The third-order valence-electron chi connectivity index (χ3n) is 4.12. The minimum absolute atomic E-state index is 0.0000311. The van der Waals surface area contributed by atoms with Gasteiger partial charge in [0, 0.05) is 5.92 Å². The second kappa shape index (κ2) is 5.15. The first-order valence-electron chi connectivity index (χ1n) is 7.06. The number of aromatic nitrogens is 2. The summed E-state index contributed by atoms with van der Waals surface area (Å²) in [5.74, 6) is 2.24. The van der Waals surface area contributed by atoms with Gasteiger partial charge in [0.2, 0.25) is 0 Å². The first-order chi connectivity index (χ1) is 9.65. The summed E-state index contributed by atoms with van der Waals surface area (Å²) in [4.78, 5) is 4.44. The van der Waals surface area contributed by atoms with E-state index in [0.29, 0.717) is 23.1 Å². The van der Waals surface area contributed by atoms with Gasteiger partial charge in [0.1, 0.15) is 0 Å². The van der Waals surface area contributed by atoms with Crippen LogP contribution >= 0.6 is 0 Å². The fourth-order valence-corrected chi connectivity index (χ4v) is 2.76. The number of hydrogen-bond acceptors (Lipinski definition) is 5. The van der Waals surface area contributed by atoms with E-state index in [9.17, 15) is 5.11 Å². The number of aromatic hydroxyl groups is 1. The summed E-state index contributed by atoms with van der Waals surface area (Å²) >= 11 is 0. The van der Waals surface area contributed by atoms with Gasteiger partial charge in [-0.1, -0.05) is 31.0 Å². The highest BCUT2D eigenvalue weighted by Gasteiger charge is 2.24. The molecule has 20 heavy (non-hydrogen) atoms. The van der Waals surface area contributed by atoms with E-state index in [1.54, 1.807) is 18.2 Å². The van der Waals surface area contributed by atoms with Crippen LogP contribution < -0.4 is 5.73 Å². The number of rotatable bonds is 2. The van der Waals surface area contributed by atoms with Gasteiger partial charge in [-0.3, -0.25) is 0 Å². The maximum absolute atomic E-state index is 9.95. The molecule has 0 bridgehead atoms. The summed E-state index contributed by atoms with van der Waals surface area (Å²) < 4.78 is 5.29. The molecule has 0 spiro atoms. The highest BCUT2D eigenvalue weighted by atomic mass is 16.5. The van der Waals surface area contributed by atoms with Crippen LogP contribution in [0.3, 0.4) is 0 Å². The number of benzene rings is 1. The van der Waals surface area contributed by atoms with E-state index in [-0.39, 0.29) is 5.75 Å². The number of para-hydroxylation sites is 1. The molecule has 0 radical (unpaired) electrons. The predicted octanol–water partition coefficient (Wildman–Crippen LogP) is 3.32. The quantitative estimate of drug-likeness (QED) is 0.647. The average molecular weight is 273 g/mol. The number of phenols is 1. The van der Waals surface area contributed by atoms with E-state index < -0.39 is 0 Å². The number of nitrogens with two attached hydrogens (primary N) is 1. The van der Waals surface area contributed by atoms with Gasteiger partial charge < -0.3 is 15.4 Å². The molecule has 5 nitrogen and oxygen atoms in total. The van der Waals surface area contributed by atoms with Crippen molar-refractivity contribution in [1.29, 1.82) is 0 Å². The lowest BCUT2D eigenvalue weighted by molar-refractivity contribution is 0.328. The molecule has 0 unspecified atom stereocenters. The molecule has 1 saturated carbocycles. The zero-order valence-corrected chi connectivity index (χ0v) is 11.5. The van der Waals surface area contributed by atoms with Crippen molar-refractivity contribution in [3.8, 4) is 17.2 Å². The van der Waals surface area contributed by atoms with Crippen molar-refractivity contribution in [2.45, 2.75) is 38.5 Å². The van der Waals surface area contributed by atoms with E-state index in [1.807, 2.05) is 0 Å². The highest BCUT2D eigenvalue weighted by Crippen LogP contribution is 2.37. The van der Waals surface area contributed by atoms with Gasteiger partial charge in [0.15, 0.2) is 11.6 Å². The van der Waals surface area contributed by atoms with Crippen molar-refractivity contribution in [3.05, 3.63) is 24.0 Å². The SMILES string of the molecule is CC1CCC(c2noc(-c3cccc(N)c3O)n2)CC1. The molecule has 1 aliphatic rings. The van der Waals surface area contributed by atoms with Gasteiger partial charge in [0.05, 0.1) is 11.3 Å². The first kappa shape index (κ1) is 13.0. The Morgan fingerprint density at radius 3 is 2.75 bits per heavy atom. The number of nitrogens with zero attached hydrogens (tertiary/aromatic N) is 2. The Morgan fingerprint density at radius 2 is 2.00 bits per heavy atom. The van der Waals surface area contributed by atoms with E-state index >= 15 is 0 Å². The second-order valence-electron chi connectivity index (χ2n) is 5.66. The Hall–Kier alpha value is -2.04. The van der Waals surface area contributed by atoms with Gasteiger partial charge in [-0.2, -0.15) is 4.98 Å². The van der Waals surface area contributed by atoms with Crippen LogP contribution in [-0.4, -0.2) is 15.2 Å². The standard InChI is InChI=1S/C15H19N3O2/c1-9-5-7-10(8-6-9)14-17-15(20-18-14)11-3-2-4-12(16)13(11)19/h2-4,9-10,19H,5-8,16H2,1H3. The molecule has 0 amide bonds. The van der Waals surface area contributed by atoms with Crippen LogP contribution in [0.4, 0.5) is 5.69 Å². The zero-order chi connectivity index (χ0) is 14.1. The van der Waals surface area contributed by atoms with Crippen LogP contribution in [0.15, 0.2) is 22.7 Å². The third kappa shape index (κ3) is 2.35. The topological polar surface area (TPSA) is 85.2 Å². The van der Waals surface area contributed by atoms with Crippen molar-refractivity contribution in [2.75, 3.05) is 5.73 Å². The third-order valence-corrected chi connectivity index (χ3v) is 4.12. The van der Waals surface area contributed by atoms with Crippen LogP contribution in [0.25, 0.3) is 11.5 Å². The Kier molecular flexibility index (Phi) is 3.34. The van der Waals surface area contributed by atoms with Crippen LogP contribution in [0.1, 0.15) is 44.3 Å². The Morgan fingerprint density at radius 1 is 1.25 bits per heavy atom. The molecular formula is C15H19N3O2. The zero-order valence-electron chi connectivity index (χ0n) is 11.5. The van der Waals surface area contributed by atoms with Crippen molar-refractivity contribution in [2.24, 2.45) is 5.92 Å². The Bertz CT molecular complexity index is 601. The number of anilines is 1. The van der Waals surface area contributed by atoms with Crippen molar-refractivity contribution < 1.29 is 9.63 Å². The lowest BCUT2D eigenvalue weighted by Crippen LogP contribution is -2.11. The predicted molar refractivity (Wildman–Crippen MR) is 76.2 cm³/mol. The second-order valence-corrected chi connectivity index (χ2v) is 5.66. The molecule has 1 heterocycles. The number of nitrogen functional groups attached to an aromatic ring is 1.